The maximum atomic E-state index is 12.8. The molecule has 4 nitrogen and oxygen atoms in total. The maximum absolute atomic E-state index is 12.8. The van der Waals surface area contributed by atoms with Gasteiger partial charge in [0.2, 0.25) is 0 Å². The molecule has 1 amide bonds. The van der Waals surface area contributed by atoms with E-state index < -0.39 is 0 Å². The first-order valence-electron chi connectivity index (χ1n) is 8.85. The van der Waals surface area contributed by atoms with Gasteiger partial charge in [0.25, 0.3) is 5.91 Å². The van der Waals surface area contributed by atoms with Crippen LogP contribution in [0.3, 0.4) is 0 Å². The summed E-state index contributed by atoms with van der Waals surface area (Å²) in [5.41, 5.74) is 2.75. The molecule has 0 saturated carbocycles. The van der Waals surface area contributed by atoms with E-state index in [1.807, 2.05) is 35.7 Å². The van der Waals surface area contributed by atoms with Crippen molar-refractivity contribution in [3.8, 4) is 5.75 Å². The van der Waals surface area contributed by atoms with Crippen LogP contribution in [0, 0.1) is 0 Å². The zero-order valence-corrected chi connectivity index (χ0v) is 15.3. The summed E-state index contributed by atoms with van der Waals surface area (Å²) in [6.07, 6.45) is 5.08. The van der Waals surface area contributed by atoms with Gasteiger partial charge in [0.15, 0.2) is 6.61 Å². The third-order valence-electron chi connectivity index (χ3n) is 4.64. The Labute approximate surface area is 157 Å². The van der Waals surface area contributed by atoms with Crippen molar-refractivity contribution in [3.05, 3.63) is 75.9 Å². The molecule has 0 spiro atoms. The summed E-state index contributed by atoms with van der Waals surface area (Å²) in [6.45, 7) is 1.03. The number of rotatable bonds is 7. The molecule has 0 N–H and O–H groups in total. The van der Waals surface area contributed by atoms with E-state index in [4.69, 9.17) is 9.15 Å². The molecule has 134 valence electrons. The van der Waals surface area contributed by atoms with Gasteiger partial charge in [-0.25, -0.2) is 0 Å². The fourth-order valence-corrected chi connectivity index (χ4v) is 4.01. The van der Waals surface area contributed by atoms with E-state index in [9.17, 15) is 4.79 Å². The van der Waals surface area contributed by atoms with Gasteiger partial charge in [0, 0.05) is 4.88 Å². The first-order chi connectivity index (χ1) is 12.8. The second-order valence-corrected chi connectivity index (χ2v) is 7.51. The van der Waals surface area contributed by atoms with Crippen molar-refractivity contribution in [2.75, 3.05) is 6.61 Å². The van der Waals surface area contributed by atoms with Crippen LogP contribution in [0.2, 0.25) is 0 Å². The van der Waals surface area contributed by atoms with Gasteiger partial charge in [-0.2, -0.15) is 0 Å². The predicted octanol–water partition coefficient (Wildman–Crippen LogP) is 4.44. The number of aryl methyl sites for hydroxylation is 2. The predicted molar refractivity (Wildman–Crippen MR) is 101 cm³/mol. The van der Waals surface area contributed by atoms with Gasteiger partial charge >= 0.3 is 0 Å². The van der Waals surface area contributed by atoms with Crippen molar-refractivity contribution < 1.29 is 13.9 Å². The lowest BCUT2D eigenvalue weighted by Gasteiger charge is -2.21. The molecule has 1 aliphatic rings. The van der Waals surface area contributed by atoms with Crippen LogP contribution in [0.25, 0.3) is 0 Å². The lowest BCUT2D eigenvalue weighted by Crippen LogP contribution is -2.33. The van der Waals surface area contributed by atoms with Crippen LogP contribution in [-0.4, -0.2) is 17.4 Å². The monoisotopic (exact) mass is 367 g/mol. The molecule has 26 heavy (non-hydrogen) atoms. The fraction of sp³-hybridized carbons (Fsp3) is 0.286. The zero-order chi connectivity index (χ0) is 17.8. The molecular weight excluding hydrogens is 346 g/mol. The highest BCUT2D eigenvalue weighted by molar-refractivity contribution is 7.09. The van der Waals surface area contributed by atoms with Crippen molar-refractivity contribution in [2.45, 2.75) is 32.4 Å². The Morgan fingerprint density at radius 2 is 2.04 bits per heavy atom. The molecule has 0 saturated heterocycles. The summed E-state index contributed by atoms with van der Waals surface area (Å²) in [5.74, 6) is 1.50. The van der Waals surface area contributed by atoms with Crippen LogP contribution >= 0.6 is 11.3 Å². The molecule has 1 aromatic carbocycles. The summed E-state index contributed by atoms with van der Waals surface area (Å²) < 4.78 is 11.2. The van der Waals surface area contributed by atoms with Gasteiger partial charge in [0.05, 0.1) is 19.4 Å². The fourth-order valence-electron chi connectivity index (χ4n) is 3.29. The molecule has 2 aromatic heterocycles. The lowest BCUT2D eigenvalue weighted by atomic mass is 10.1. The summed E-state index contributed by atoms with van der Waals surface area (Å²) in [4.78, 5) is 15.7. The molecule has 0 aliphatic heterocycles. The van der Waals surface area contributed by atoms with E-state index in [0.29, 0.717) is 13.1 Å². The second kappa shape index (κ2) is 7.79. The number of ether oxygens (including phenoxy) is 1. The molecule has 0 fully saturated rings. The molecule has 2 heterocycles. The first kappa shape index (κ1) is 16.9. The molecule has 3 aromatic rings. The van der Waals surface area contributed by atoms with Gasteiger partial charge in [-0.05, 0) is 66.1 Å². The molecule has 0 atom stereocenters. The van der Waals surface area contributed by atoms with E-state index >= 15 is 0 Å². The smallest absolute Gasteiger partial charge is 0.261 e. The van der Waals surface area contributed by atoms with Gasteiger partial charge in [-0.1, -0.05) is 12.1 Å². The Hall–Kier alpha value is -2.53. The average molecular weight is 367 g/mol. The lowest BCUT2D eigenvalue weighted by molar-refractivity contribution is -0.134. The number of carbonyl (C=O) groups excluding carboxylic acids is 1. The molecule has 0 unspecified atom stereocenters. The van der Waals surface area contributed by atoms with Gasteiger partial charge < -0.3 is 14.1 Å². The van der Waals surface area contributed by atoms with Crippen molar-refractivity contribution in [3.63, 3.8) is 0 Å². The van der Waals surface area contributed by atoms with E-state index in [1.165, 1.54) is 17.5 Å². The number of hydrogen-bond acceptors (Lipinski definition) is 4. The maximum Gasteiger partial charge on any atom is 0.261 e. The Bertz CT molecular complexity index is 819. The van der Waals surface area contributed by atoms with E-state index in [2.05, 4.69) is 12.1 Å². The number of carbonyl (C=O) groups is 1. The number of furan rings is 1. The Kier molecular flexibility index (Phi) is 5.07. The molecule has 0 bridgehead atoms. The van der Waals surface area contributed by atoms with Crippen LogP contribution in [0.1, 0.15) is 28.2 Å². The van der Waals surface area contributed by atoms with E-state index in [-0.39, 0.29) is 12.5 Å². The Balaban J connectivity index is 1.41. The second-order valence-electron chi connectivity index (χ2n) is 6.48. The number of fused-ring (bicyclic) bond motifs is 1. The Morgan fingerprint density at radius 1 is 1.12 bits per heavy atom. The topological polar surface area (TPSA) is 42.7 Å². The van der Waals surface area contributed by atoms with Gasteiger partial charge in [0.1, 0.15) is 11.5 Å². The van der Waals surface area contributed by atoms with E-state index in [0.717, 1.165) is 29.2 Å². The van der Waals surface area contributed by atoms with E-state index in [1.54, 1.807) is 22.5 Å². The molecule has 1 aliphatic carbocycles. The minimum absolute atomic E-state index is 0.0326. The molecular formula is C21H21NO3S. The normalized spacial score (nSPS) is 12.8. The van der Waals surface area contributed by atoms with Crippen LogP contribution < -0.4 is 4.74 Å². The van der Waals surface area contributed by atoms with Crippen molar-refractivity contribution >= 4 is 17.2 Å². The number of thiophene rings is 1. The molecule has 4 rings (SSSR count). The van der Waals surface area contributed by atoms with Crippen LogP contribution in [0.15, 0.2) is 58.5 Å². The summed E-state index contributed by atoms with van der Waals surface area (Å²) >= 11 is 1.64. The molecule has 5 heteroatoms. The zero-order valence-electron chi connectivity index (χ0n) is 14.5. The standard InChI is InChI=1S/C21H21NO3S/c23-21(15-25-18-9-8-16-4-1-5-17(16)12-18)22(13-19-6-2-10-24-19)14-20-7-3-11-26-20/h2-3,6-12H,1,4-5,13-15H2. The van der Waals surface area contributed by atoms with Gasteiger partial charge in [-0.15, -0.1) is 11.3 Å². The minimum Gasteiger partial charge on any atom is -0.484 e. The number of benzene rings is 1. The Morgan fingerprint density at radius 3 is 2.85 bits per heavy atom. The quantitative estimate of drug-likeness (QED) is 0.620. The van der Waals surface area contributed by atoms with Crippen LogP contribution in [-0.2, 0) is 30.7 Å². The highest BCUT2D eigenvalue weighted by Gasteiger charge is 2.18. The largest absolute Gasteiger partial charge is 0.484 e. The van der Waals surface area contributed by atoms with Crippen molar-refractivity contribution in [1.29, 1.82) is 0 Å². The minimum atomic E-state index is -0.0460. The van der Waals surface area contributed by atoms with Crippen LogP contribution in [0.4, 0.5) is 0 Å². The summed E-state index contributed by atoms with van der Waals surface area (Å²) in [5, 5.41) is 2.02. The summed E-state index contributed by atoms with van der Waals surface area (Å²) in [6, 6.07) is 13.9. The molecule has 0 radical (unpaired) electrons. The third-order valence-corrected chi connectivity index (χ3v) is 5.50. The van der Waals surface area contributed by atoms with Gasteiger partial charge in [-0.3, -0.25) is 4.79 Å². The SMILES string of the molecule is O=C(COc1ccc2c(c1)CCC2)N(Cc1ccco1)Cc1cccs1. The van der Waals surface area contributed by atoms with Crippen molar-refractivity contribution in [1.82, 2.24) is 4.90 Å². The number of nitrogens with zero attached hydrogens (tertiary/aromatic N) is 1. The number of hydrogen-bond donors (Lipinski definition) is 0. The number of amides is 1. The summed E-state index contributed by atoms with van der Waals surface area (Å²) in [7, 11) is 0. The average Bonchev–Trinajstić information content (AvgIpc) is 3.40. The third kappa shape index (κ3) is 3.99. The highest BCUT2D eigenvalue weighted by Crippen LogP contribution is 2.26. The van der Waals surface area contributed by atoms with Crippen LogP contribution in [0.5, 0.6) is 5.75 Å². The van der Waals surface area contributed by atoms with Crippen molar-refractivity contribution in [2.24, 2.45) is 0 Å². The highest BCUT2D eigenvalue weighted by atomic mass is 32.1. The first-order valence-corrected chi connectivity index (χ1v) is 9.73.